The number of hydrogen-bond donors (Lipinski definition) is 2. The van der Waals surface area contributed by atoms with E-state index in [-0.39, 0.29) is 5.75 Å². The van der Waals surface area contributed by atoms with Crippen LogP contribution in [0.25, 0.3) is 22.2 Å². The molecule has 0 bridgehead atoms. The first-order valence-electron chi connectivity index (χ1n) is 4.99. The van der Waals surface area contributed by atoms with Crippen molar-refractivity contribution in [1.82, 2.24) is 10.2 Å². The molecule has 0 spiro atoms. The number of nitrogens with one attached hydrogen (secondary N) is 1. The third-order valence-electron chi connectivity index (χ3n) is 2.57. The number of fused-ring (bicyclic) bond motifs is 1. The third kappa shape index (κ3) is 1.26. The molecular weight excluding hydrogens is 200 g/mol. The Bertz CT molecular complexity index is 643. The summed E-state index contributed by atoms with van der Waals surface area (Å²) in [4.78, 5) is 0. The van der Waals surface area contributed by atoms with E-state index in [1.165, 1.54) is 0 Å². The van der Waals surface area contributed by atoms with Crippen molar-refractivity contribution in [3.05, 3.63) is 48.5 Å². The molecule has 3 nitrogen and oxygen atoms in total. The van der Waals surface area contributed by atoms with Gasteiger partial charge in [-0.25, -0.2) is 0 Å². The summed E-state index contributed by atoms with van der Waals surface area (Å²) in [6.45, 7) is 0. The van der Waals surface area contributed by atoms with Gasteiger partial charge in [-0.05, 0) is 24.3 Å². The molecule has 0 aliphatic carbocycles. The molecule has 16 heavy (non-hydrogen) atoms. The van der Waals surface area contributed by atoms with Crippen LogP contribution in [-0.4, -0.2) is 15.3 Å². The highest BCUT2D eigenvalue weighted by molar-refractivity contribution is 5.94. The van der Waals surface area contributed by atoms with E-state index in [4.69, 9.17) is 0 Å². The highest BCUT2D eigenvalue weighted by atomic mass is 16.3. The van der Waals surface area contributed by atoms with Gasteiger partial charge in [-0.15, -0.1) is 0 Å². The summed E-state index contributed by atoms with van der Waals surface area (Å²) >= 11 is 0. The van der Waals surface area contributed by atoms with E-state index >= 15 is 0 Å². The molecule has 0 fully saturated rings. The Morgan fingerprint density at radius 2 is 2.06 bits per heavy atom. The number of aromatic amines is 1. The van der Waals surface area contributed by atoms with Gasteiger partial charge in [0, 0.05) is 10.9 Å². The van der Waals surface area contributed by atoms with Gasteiger partial charge in [0.2, 0.25) is 0 Å². The number of phenols is 1. The molecule has 0 amide bonds. The molecule has 0 unspecified atom stereocenters. The molecule has 0 atom stereocenters. The van der Waals surface area contributed by atoms with E-state index in [0.717, 1.165) is 22.2 Å². The fourth-order valence-electron chi connectivity index (χ4n) is 1.79. The van der Waals surface area contributed by atoms with Crippen LogP contribution in [0.4, 0.5) is 0 Å². The quantitative estimate of drug-likeness (QED) is 0.647. The Balaban J connectivity index is 2.31. The van der Waals surface area contributed by atoms with E-state index in [9.17, 15) is 5.11 Å². The fourth-order valence-corrected chi connectivity index (χ4v) is 1.79. The zero-order valence-corrected chi connectivity index (χ0v) is 8.44. The predicted molar refractivity (Wildman–Crippen MR) is 62.0 cm³/mol. The van der Waals surface area contributed by atoms with Gasteiger partial charge < -0.3 is 5.11 Å². The highest BCUT2D eigenvalue weighted by Gasteiger charge is 2.10. The van der Waals surface area contributed by atoms with Crippen molar-refractivity contribution in [2.45, 2.75) is 0 Å². The lowest BCUT2D eigenvalue weighted by atomic mass is 10.1. The van der Waals surface area contributed by atoms with E-state index in [0.29, 0.717) is 0 Å². The van der Waals surface area contributed by atoms with Crippen LogP contribution in [0.2, 0.25) is 0 Å². The molecule has 2 N–H and O–H groups in total. The first-order valence-corrected chi connectivity index (χ1v) is 4.99. The Morgan fingerprint density at radius 1 is 1.19 bits per heavy atom. The van der Waals surface area contributed by atoms with E-state index in [2.05, 4.69) is 16.3 Å². The van der Waals surface area contributed by atoms with Gasteiger partial charge in [0.05, 0.1) is 5.52 Å². The number of benzene rings is 2. The number of aromatic hydroxyl groups is 1. The van der Waals surface area contributed by atoms with Crippen molar-refractivity contribution < 1.29 is 5.11 Å². The van der Waals surface area contributed by atoms with Crippen LogP contribution in [-0.2, 0) is 0 Å². The summed E-state index contributed by atoms with van der Waals surface area (Å²) in [6, 6.07) is 15.8. The van der Waals surface area contributed by atoms with Crippen LogP contribution in [0, 0.1) is 6.07 Å². The third-order valence-corrected chi connectivity index (χ3v) is 2.57. The zero-order chi connectivity index (χ0) is 11.0. The topological polar surface area (TPSA) is 48.9 Å². The van der Waals surface area contributed by atoms with Gasteiger partial charge in [0.1, 0.15) is 11.4 Å². The lowest BCUT2D eigenvalue weighted by Crippen LogP contribution is -1.79. The number of phenolic OH excluding ortho intramolecular Hbond substituents is 1. The van der Waals surface area contributed by atoms with Crippen LogP contribution in [0.5, 0.6) is 5.75 Å². The van der Waals surface area contributed by atoms with Crippen molar-refractivity contribution in [3.63, 3.8) is 0 Å². The molecule has 3 aromatic rings. The maximum absolute atomic E-state index is 9.76. The average molecular weight is 209 g/mol. The van der Waals surface area contributed by atoms with Crippen LogP contribution >= 0.6 is 0 Å². The molecule has 3 heteroatoms. The largest absolute Gasteiger partial charge is 0.507 e. The first-order chi connectivity index (χ1) is 7.86. The number of nitrogens with zero attached hydrogens (tertiary/aromatic N) is 1. The Labute approximate surface area is 92.4 Å². The minimum absolute atomic E-state index is 0.194. The normalized spacial score (nSPS) is 10.8. The van der Waals surface area contributed by atoms with E-state index in [1.54, 1.807) is 18.2 Å². The van der Waals surface area contributed by atoms with Crippen LogP contribution < -0.4 is 0 Å². The van der Waals surface area contributed by atoms with Crippen molar-refractivity contribution in [3.8, 4) is 17.0 Å². The lowest BCUT2D eigenvalue weighted by molar-refractivity contribution is 0.477. The lowest BCUT2D eigenvalue weighted by Gasteiger charge is -2.00. The summed E-state index contributed by atoms with van der Waals surface area (Å²) in [5, 5.41) is 17.9. The molecule has 0 aliphatic rings. The molecular formula is C13H9N2O. The second-order valence-corrected chi connectivity index (χ2v) is 3.56. The van der Waals surface area contributed by atoms with Crippen LogP contribution in [0.1, 0.15) is 0 Å². The van der Waals surface area contributed by atoms with E-state index in [1.807, 2.05) is 24.3 Å². The standard InChI is InChI=1S/C13H9N2O/c16-12-8-4-2-6-10(12)13-9-5-1-3-7-11(9)14-15-13/h1-3,5-8,16H,(H,14,15). The Morgan fingerprint density at radius 3 is 2.94 bits per heavy atom. The maximum atomic E-state index is 9.76. The van der Waals surface area contributed by atoms with Gasteiger partial charge >= 0.3 is 0 Å². The summed E-state index contributed by atoms with van der Waals surface area (Å²) < 4.78 is 0. The Hall–Kier alpha value is -2.29. The summed E-state index contributed by atoms with van der Waals surface area (Å²) in [5.41, 5.74) is 2.45. The smallest absolute Gasteiger partial charge is 0.125 e. The summed E-state index contributed by atoms with van der Waals surface area (Å²) in [6.07, 6.45) is 0. The number of aromatic nitrogens is 2. The summed E-state index contributed by atoms with van der Waals surface area (Å²) in [5.74, 6) is 0.194. The molecule has 1 heterocycles. The highest BCUT2D eigenvalue weighted by Crippen LogP contribution is 2.31. The molecule has 3 rings (SSSR count). The van der Waals surface area contributed by atoms with Gasteiger partial charge in [-0.1, -0.05) is 24.3 Å². The fraction of sp³-hybridized carbons (Fsp3) is 0. The van der Waals surface area contributed by atoms with Crippen molar-refractivity contribution in [2.24, 2.45) is 0 Å². The summed E-state index contributed by atoms with van der Waals surface area (Å²) in [7, 11) is 0. The molecule has 2 aromatic carbocycles. The molecule has 77 valence electrons. The Kier molecular flexibility index (Phi) is 1.90. The average Bonchev–Trinajstić information content (AvgIpc) is 2.74. The molecule has 1 radical (unpaired) electrons. The van der Waals surface area contributed by atoms with Gasteiger partial charge in [-0.2, -0.15) is 5.10 Å². The second-order valence-electron chi connectivity index (χ2n) is 3.56. The maximum Gasteiger partial charge on any atom is 0.125 e. The molecule has 0 saturated carbocycles. The minimum Gasteiger partial charge on any atom is -0.507 e. The number of rotatable bonds is 1. The second kappa shape index (κ2) is 3.38. The first kappa shape index (κ1) is 8.97. The minimum atomic E-state index is 0.194. The van der Waals surface area contributed by atoms with Gasteiger partial charge in [-0.3, -0.25) is 5.10 Å². The van der Waals surface area contributed by atoms with Gasteiger partial charge in [0.25, 0.3) is 0 Å². The monoisotopic (exact) mass is 209 g/mol. The van der Waals surface area contributed by atoms with Gasteiger partial charge in [0.15, 0.2) is 0 Å². The molecule has 0 saturated heterocycles. The SMILES string of the molecule is Oc1c[c]ccc1-c1n[nH]c2ccccc12. The molecule has 1 aromatic heterocycles. The molecule has 0 aliphatic heterocycles. The predicted octanol–water partition coefficient (Wildman–Crippen LogP) is 2.74. The van der Waals surface area contributed by atoms with Crippen molar-refractivity contribution in [2.75, 3.05) is 0 Å². The van der Waals surface area contributed by atoms with Crippen molar-refractivity contribution >= 4 is 10.9 Å². The van der Waals surface area contributed by atoms with E-state index < -0.39 is 0 Å². The zero-order valence-electron chi connectivity index (χ0n) is 8.44. The number of para-hydroxylation sites is 1. The number of H-pyrrole nitrogens is 1. The van der Waals surface area contributed by atoms with Crippen LogP contribution in [0.3, 0.4) is 0 Å². The number of hydrogen-bond acceptors (Lipinski definition) is 2. The van der Waals surface area contributed by atoms with Crippen molar-refractivity contribution in [1.29, 1.82) is 0 Å². The van der Waals surface area contributed by atoms with Crippen LogP contribution in [0.15, 0.2) is 42.5 Å².